The minimum atomic E-state index is -2.00. The van der Waals surface area contributed by atoms with Crippen LogP contribution in [0.3, 0.4) is 0 Å². The number of nitrogens with one attached hydrogen (secondary N) is 11. The molecule has 122 heavy (non-hydrogen) atoms. The van der Waals surface area contributed by atoms with Crippen molar-refractivity contribution >= 4 is 134 Å². The number of hydrogen-bond acceptors (Lipinski definition) is 26. The molecule has 676 valence electrons. The van der Waals surface area contributed by atoms with Crippen molar-refractivity contribution in [2.45, 2.75) is 225 Å². The molecule has 4 rings (SSSR count). The van der Waals surface area contributed by atoms with Crippen LogP contribution < -0.4 is 58.7 Å². The Morgan fingerprint density at radius 1 is 0.639 bits per heavy atom. The number of hydrazine groups is 1. The number of unbranched alkanes of at least 4 members (excludes halogenated alkanes) is 2. The molecule has 12 atom stereocenters. The first-order chi connectivity index (χ1) is 57.8. The van der Waals surface area contributed by atoms with Crippen LogP contribution in [0.1, 0.15) is 183 Å². The normalized spacial score (nSPS) is 15.3. The van der Waals surface area contributed by atoms with Gasteiger partial charge in [0.25, 0.3) is 5.91 Å². The smallest absolute Gasteiger partial charge is 0.426 e. The van der Waals surface area contributed by atoms with Gasteiger partial charge in [-0.15, -0.1) is 11.3 Å². The van der Waals surface area contributed by atoms with E-state index in [0.29, 0.717) is 36.1 Å². The number of urea groups is 2. The average Bonchev–Trinajstić information content (AvgIpc) is 1.08. The first-order valence-corrected chi connectivity index (χ1v) is 43.1. The quantitative estimate of drug-likeness (QED) is 0.0126. The molecule has 1 aliphatic heterocycles. The zero-order valence-electron chi connectivity index (χ0n) is 69.2. The third-order valence-electron chi connectivity index (χ3n) is 19.4. The number of aromatic nitrogens is 1. The number of piperidine rings is 1. The zero-order chi connectivity index (χ0) is 90.7. The van der Waals surface area contributed by atoms with Gasteiger partial charge in [-0.2, -0.15) is 0 Å². The van der Waals surface area contributed by atoms with Crippen molar-refractivity contribution in [3.8, 4) is 5.75 Å². The standard InChI is InChI=1S/C78H114N14O27S3/c1-9-11-30-117-42-92(72(107)65(44(5)10-2)88-70(106)58-17-13-15-29-91(58)8)59(43(3)4)38-60(119-46(7)93)71-85-56(40-120-71)69(105)81-50(34-47-22-24-51(94)25-23-47)33-45(6)66(102)89-90-78(116)118-31-32-121-122-41-57(75(112)113)84-68(104)55(37-64(100)101)83-67(103)54(36-63(98)99)82-61(95)35-48-18-20-49(21-19-48)39-80-76(114)79-28-14-12-16-52(73(108)109)86-77(115)87-53(74(110)111)26-27-62(96)97/h18-25,40,43-45,50,52-55,57-60,65,94H,9-17,26-39,41-42H2,1-8H3,(H,81,105)(H,82,95)(H,83,103)(H,84,104)(H,88,106)(H,89,102)(H,90,116)(H,96,97)(H,98,99)(H,100,101)(H,108,109)(H,110,111)(H,112,113)(H2,79,80,114)(H2,86,87,115)/t44?,45-,50+,52+,53-,54-,55-,57+,58+,59-,60-,65-/m0/s1. The Kier molecular flexibility index (Phi) is 45.9. The van der Waals surface area contributed by atoms with Gasteiger partial charge in [0.15, 0.2) is 6.10 Å². The molecule has 0 saturated carbocycles. The molecule has 3 aromatic rings. The number of rotatable bonds is 55. The Bertz CT molecular complexity index is 4010. The number of carbonyl (C=O) groups excluding carboxylic acids is 11. The molecule has 0 radical (unpaired) electrons. The number of esters is 1. The predicted molar refractivity (Wildman–Crippen MR) is 442 cm³/mol. The molecule has 1 unspecified atom stereocenters. The highest BCUT2D eigenvalue weighted by Crippen LogP contribution is 2.33. The van der Waals surface area contributed by atoms with Crippen LogP contribution >= 0.6 is 32.9 Å². The highest BCUT2D eigenvalue weighted by Gasteiger charge is 2.40. The van der Waals surface area contributed by atoms with E-state index in [-0.39, 0.29) is 117 Å². The van der Waals surface area contributed by atoms with E-state index in [4.69, 9.17) is 19.3 Å². The lowest BCUT2D eigenvalue weighted by molar-refractivity contribution is -0.153. The summed E-state index contributed by atoms with van der Waals surface area (Å²) < 4.78 is 17.2. The van der Waals surface area contributed by atoms with Crippen LogP contribution in [0.25, 0.3) is 0 Å². The molecule has 1 saturated heterocycles. The molecule has 0 bridgehead atoms. The van der Waals surface area contributed by atoms with E-state index in [9.17, 15) is 107 Å². The third kappa shape index (κ3) is 38.7. The van der Waals surface area contributed by atoms with Gasteiger partial charge in [0, 0.05) is 74.3 Å². The van der Waals surface area contributed by atoms with Crippen molar-refractivity contribution in [3.05, 3.63) is 81.3 Å². The van der Waals surface area contributed by atoms with Crippen molar-refractivity contribution in [2.75, 3.05) is 51.6 Å². The largest absolute Gasteiger partial charge is 0.508 e. The van der Waals surface area contributed by atoms with E-state index < -0.39 is 188 Å². The average molecular weight is 1780 g/mol. The van der Waals surface area contributed by atoms with Gasteiger partial charge in [-0.1, -0.05) is 119 Å². The number of benzene rings is 2. The lowest BCUT2D eigenvalue weighted by Crippen LogP contribution is -2.59. The van der Waals surface area contributed by atoms with Crippen LogP contribution in [0.4, 0.5) is 14.4 Å². The minimum absolute atomic E-state index is 0.0134. The Morgan fingerprint density at radius 2 is 1.25 bits per heavy atom. The maximum absolute atomic E-state index is 15.0. The zero-order valence-corrected chi connectivity index (χ0v) is 71.7. The number of amides is 12. The monoisotopic (exact) mass is 1770 g/mol. The molecule has 18 N–H and O–H groups in total. The summed E-state index contributed by atoms with van der Waals surface area (Å²) in [7, 11) is 3.75. The fourth-order valence-electron chi connectivity index (χ4n) is 12.4. The number of phenols is 1. The summed E-state index contributed by atoms with van der Waals surface area (Å²) in [6, 6.07) is -0.893. The topological polar surface area (TPSA) is 611 Å². The van der Waals surface area contributed by atoms with E-state index in [2.05, 4.69) is 58.4 Å². The Hall–Kier alpha value is -11.1. The molecule has 1 aliphatic rings. The number of ether oxygens (including phenoxy) is 3. The highest BCUT2D eigenvalue weighted by atomic mass is 33.1. The van der Waals surface area contributed by atoms with Gasteiger partial charge in [0.1, 0.15) is 66.0 Å². The molecule has 41 nitrogen and oxygen atoms in total. The predicted octanol–water partition coefficient (Wildman–Crippen LogP) is 3.76. The molecule has 2 aromatic carbocycles. The Morgan fingerprint density at radius 3 is 1.84 bits per heavy atom. The molecule has 0 aliphatic carbocycles. The van der Waals surface area contributed by atoms with Gasteiger partial charge in [0.05, 0.1) is 25.3 Å². The van der Waals surface area contributed by atoms with Crippen molar-refractivity contribution < 1.29 is 131 Å². The highest BCUT2D eigenvalue weighted by molar-refractivity contribution is 8.76. The van der Waals surface area contributed by atoms with Gasteiger partial charge in [-0.25, -0.2) is 39.2 Å². The van der Waals surface area contributed by atoms with Gasteiger partial charge in [0.2, 0.25) is 35.4 Å². The van der Waals surface area contributed by atoms with Gasteiger partial charge < -0.3 is 103 Å². The van der Waals surface area contributed by atoms with Crippen LogP contribution in [0, 0.1) is 17.8 Å². The summed E-state index contributed by atoms with van der Waals surface area (Å²) in [5.41, 5.74) is 5.92. The fraction of sp³-hybridized carbons (Fsp3) is 0.590. The first kappa shape index (κ1) is 103. The molecule has 1 aromatic heterocycles. The number of phenolic OH excluding ortho intramolecular Hbond substituents is 1. The number of carbonyl (C=O) groups is 17. The molecule has 0 spiro atoms. The summed E-state index contributed by atoms with van der Waals surface area (Å²) in [6.07, 6.45) is -0.633. The van der Waals surface area contributed by atoms with E-state index in [1.807, 2.05) is 51.9 Å². The number of likely N-dealkylation sites (tertiary alicyclic amines) is 1. The lowest BCUT2D eigenvalue weighted by atomic mass is 9.92. The van der Waals surface area contributed by atoms with Crippen LogP contribution in [-0.2, 0) is 95.9 Å². The Balaban J connectivity index is 1.28. The fourth-order valence-corrected chi connectivity index (χ4v) is 15.3. The van der Waals surface area contributed by atoms with Crippen molar-refractivity contribution in [1.82, 2.24) is 73.5 Å². The maximum Gasteiger partial charge on any atom is 0.426 e. The number of aromatic hydroxyl groups is 1. The van der Waals surface area contributed by atoms with Gasteiger partial charge >= 0.3 is 59.9 Å². The summed E-state index contributed by atoms with van der Waals surface area (Å²) in [5, 5.41) is 90.5. The molecular formula is C78H114N14O27S3. The maximum atomic E-state index is 15.0. The van der Waals surface area contributed by atoms with E-state index >= 15 is 4.79 Å². The van der Waals surface area contributed by atoms with Crippen LogP contribution in [-0.4, -0.2) is 258 Å². The molecule has 44 heteroatoms. The van der Waals surface area contributed by atoms with Crippen molar-refractivity contribution in [2.24, 2.45) is 17.8 Å². The number of hydrogen-bond donors (Lipinski definition) is 18. The number of aliphatic carboxylic acids is 6. The number of nitrogens with zero attached hydrogens (tertiary/aromatic N) is 3. The van der Waals surface area contributed by atoms with E-state index in [1.165, 1.54) is 55.6 Å². The summed E-state index contributed by atoms with van der Waals surface area (Å²) in [4.78, 5) is 226. The summed E-state index contributed by atoms with van der Waals surface area (Å²) >= 11 is 1.05. The van der Waals surface area contributed by atoms with E-state index in [1.54, 1.807) is 17.0 Å². The third-order valence-corrected chi connectivity index (χ3v) is 22.7. The second-order valence-corrected chi connectivity index (χ2v) is 33.0. The second-order valence-electron chi connectivity index (χ2n) is 29.5. The van der Waals surface area contributed by atoms with Gasteiger partial charge in [-0.3, -0.25) is 63.1 Å². The number of carboxylic acid groups (broad SMARTS) is 6. The molecule has 1 fully saturated rings. The molecule has 2 heterocycles. The lowest BCUT2D eigenvalue weighted by Gasteiger charge is -2.40. The number of carboxylic acids is 6. The first-order valence-electron chi connectivity index (χ1n) is 39.8. The molecular weight excluding hydrogens is 1660 g/mol. The Labute approximate surface area is 716 Å². The SMILES string of the molecule is CCCCOCN(C(=O)[C@@H](NC(=O)[C@H]1CCCCN1C)C(C)CC)[C@@H](C[C@H](OC(C)=O)c1nc(C(=O)N[C@@H](Cc2ccc(O)cc2)C[C@H](C)C(=O)NNC(=O)OCCSSC[C@@H](NC(=O)[C@H](CC(=O)O)NC(=O)[C@H](CC(=O)O)NC(=O)Cc2ccc(CNC(=O)NCCCC[C@@H](NC(=O)N[C@@H](CCC(=O)O)C(=O)O)C(=O)O)cc2)C(=O)O)cs1)C(C)C. The van der Waals surface area contributed by atoms with Gasteiger partial charge in [-0.05, 0) is 112 Å². The van der Waals surface area contributed by atoms with Crippen LogP contribution in [0.5, 0.6) is 5.75 Å². The van der Waals surface area contributed by atoms with Crippen LogP contribution in [0.15, 0.2) is 53.9 Å². The minimum Gasteiger partial charge on any atom is -0.508 e. The summed E-state index contributed by atoms with van der Waals surface area (Å²) in [5.74, 6) is -17.0. The number of thiazole rings is 1. The summed E-state index contributed by atoms with van der Waals surface area (Å²) in [6.45, 7) is 13.2. The second kappa shape index (κ2) is 54.3. The van der Waals surface area contributed by atoms with E-state index in [0.717, 1.165) is 65.2 Å². The van der Waals surface area contributed by atoms with Crippen LogP contribution in [0.2, 0.25) is 0 Å². The molecule has 12 amide bonds. The number of likely N-dealkylation sites (N-methyl/N-ethyl adjacent to an activating group) is 1. The van der Waals surface area contributed by atoms with Crippen molar-refractivity contribution in [3.63, 3.8) is 0 Å². The van der Waals surface area contributed by atoms with Crippen molar-refractivity contribution in [1.29, 1.82) is 0 Å².